The highest BCUT2D eigenvalue weighted by Crippen LogP contribution is 2.23. The molecule has 0 radical (unpaired) electrons. The van der Waals surface area contributed by atoms with E-state index in [4.69, 9.17) is 9.47 Å². The molecule has 0 aliphatic heterocycles. The maximum Gasteiger partial charge on any atom is 0.205 e. The van der Waals surface area contributed by atoms with Gasteiger partial charge in [-0.2, -0.15) is 5.10 Å². The van der Waals surface area contributed by atoms with Crippen molar-refractivity contribution in [3.63, 3.8) is 0 Å². The number of methoxy groups -OCH3 is 2. The summed E-state index contributed by atoms with van der Waals surface area (Å²) in [5.74, 6) is 1.90. The normalized spacial score (nSPS) is 11.3. The summed E-state index contributed by atoms with van der Waals surface area (Å²) in [6.07, 6.45) is 3.31. The molecule has 0 aliphatic rings. The molecule has 2 aromatic heterocycles. The second-order valence-electron chi connectivity index (χ2n) is 5.45. The lowest BCUT2D eigenvalue weighted by Crippen LogP contribution is -2.00. The van der Waals surface area contributed by atoms with E-state index in [1.165, 1.54) is 0 Å². The van der Waals surface area contributed by atoms with E-state index in [0.717, 1.165) is 16.6 Å². The second kappa shape index (κ2) is 6.67. The van der Waals surface area contributed by atoms with E-state index >= 15 is 0 Å². The van der Waals surface area contributed by atoms with Crippen LogP contribution in [-0.2, 0) is 0 Å². The molecular weight excluding hydrogens is 332 g/mol. The summed E-state index contributed by atoms with van der Waals surface area (Å²) >= 11 is 0. The third-order valence-corrected chi connectivity index (χ3v) is 3.95. The molecule has 0 aliphatic carbocycles. The number of fused-ring (bicyclic) bond motifs is 3. The molecule has 1 N–H and O–H groups in total. The van der Waals surface area contributed by atoms with Gasteiger partial charge in [-0.3, -0.25) is 9.83 Å². The predicted octanol–water partition coefficient (Wildman–Crippen LogP) is 2.74. The van der Waals surface area contributed by atoms with Crippen LogP contribution < -0.4 is 14.9 Å². The van der Waals surface area contributed by atoms with Gasteiger partial charge in [0.25, 0.3) is 0 Å². The van der Waals surface area contributed by atoms with Crippen molar-refractivity contribution in [2.45, 2.75) is 0 Å². The number of hydrogen-bond acceptors (Lipinski definition) is 7. The smallest absolute Gasteiger partial charge is 0.205 e. The van der Waals surface area contributed by atoms with Gasteiger partial charge in [0.15, 0.2) is 5.82 Å². The van der Waals surface area contributed by atoms with Gasteiger partial charge < -0.3 is 9.47 Å². The Kier molecular flexibility index (Phi) is 4.06. The van der Waals surface area contributed by atoms with Gasteiger partial charge in [0.2, 0.25) is 5.65 Å². The van der Waals surface area contributed by atoms with Crippen LogP contribution in [-0.4, -0.2) is 40.0 Å². The number of anilines is 1. The monoisotopic (exact) mass is 348 g/mol. The molecule has 0 amide bonds. The average molecular weight is 348 g/mol. The van der Waals surface area contributed by atoms with Crippen LogP contribution in [0.25, 0.3) is 16.7 Å². The third-order valence-electron chi connectivity index (χ3n) is 3.95. The van der Waals surface area contributed by atoms with E-state index in [9.17, 15) is 0 Å². The zero-order chi connectivity index (χ0) is 17.9. The first-order valence-electron chi connectivity index (χ1n) is 7.90. The van der Waals surface area contributed by atoms with E-state index in [1.54, 1.807) is 32.8 Å². The standard InChI is InChI=1S/C18H16N6O2/c1-25-13-8-7-12(16(9-13)26-2)10-19-22-17-18-23-20-11-24(18)15-6-4-3-5-14(15)21-17/h3-11H,1-2H3,(H,21,22). The first-order chi connectivity index (χ1) is 12.8. The Bertz CT molecular complexity index is 1110. The van der Waals surface area contributed by atoms with Gasteiger partial charge in [0.1, 0.15) is 17.8 Å². The number of hydrazone groups is 1. The fourth-order valence-electron chi connectivity index (χ4n) is 2.67. The van der Waals surface area contributed by atoms with E-state index in [1.807, 2.05) is 40.8 Å². The highest BCUT2D eigenvalue weighted by Gasteiger charge is 2.09. The Morgan fingerprint density at radius 3 is 2.85 bits per heavy atom. The van der Waals surface area contributed by atoms with Crippen molar-refractivity contribution in [3.8, 4) is 11.5 Å². The van der Waals surface area contributed by atoms with Gasteiger partial charge in [0.05, 0.1) is 31.5 Å². The molecule has 0 saturated carbocycles. The number of nitrogens with zero attached hydrogens (tertiary/aromatic N) is 5. The molecule has 4 rings (SSSR count). The minimum absolute atomic E-state index is 0.518. The molecule has 0 bridgehead atoms. The fourth-order valence-corrected chi connectivity index (χ4v) is 2.67. The minimum atomic E-state index is 0.518. The lowest BCUT2D eigenvalue weighted by molar-refractivity contribution is 0.394. The van der Waals surface area contributed by atoms with Crippen molar-refractivity contribution < 1.29 is 9.47 Å². The predicted molar refractivity (Wildman–Crippen MR) is 99.1 cm³/mol. The average Bonchev–Trinajstić information content (AvgIpc) is 3.18. The van der Waals surface area contributed by atoms with E-state index < -0.39 is 0 Å². The van der Waals surface area contributed by atoms with E-state index in [-0.39, 0.29) is 0 Å². The van der Waals surface area contributed by atoms with Gasteiger partial charge in [-0.05, 0) is 24.3 Å². The first-order valence-corrected chi connectivity index (χ1v) is 7.90. The summed E-state index contributed by atoms with van der Waals surface area (Å²) in [4.78, 5) is 4.58. The molecule has 2 aromatic carbocycles. The SMILES string of the molecule is COc1ccc(C=NNc2nc3ccccc3n3cnnc23)c(OC)c1. The van der Waals surface area contributed by atoms with Gasteiger partial charge >= 0.3 is 0 Å². The number of rotatable bonds is 5. The molecule has 4 aromatic rings. The molecule has 2 heterocycles. The van der Waals surface area contributed by atoms with Gasteiger partial charge in [0, 0.05) is 11.6 Å². The summed E-state index contributed by atoms with van der Waals surface area (Å²) in [5, 5.41) is 12.4. The number of hydrogen-bond donors (Lipinski definition) is 1. The van der Waals surface area contributed by atoms with Crippen LogP contribution in [0.4, 0.5) is 5.82 Å². The Labute approximate surface area is 149 Å². The van der Waals surface area contributed by atoms with Gasteiger partial charge in [-0.25, -0.2) is 4.98 Å². The highest BCUT2D eigenvalue weighted by atomic mass is 16.5. The Hall–Kier alpha value is -3.68. The van der Waals surface area contributed by atoms with Gasteiger partial charge in [-0.15, -0.1) is 10.2 Å². The lowest BCUT2D eigenvalue weighted by Gasteiger charge is -2.07. The zero-order valence-electron chi connectivity index (χ0n) is 14.2. The number of para-hydroxylation sites is 2. The molecule has 8 heteroatoms. The molecule has 130 valence electrons. The topological polar surface area (TPSA) is 85.9 Å². The number of aromatic nitrogens is 4. The summed E-state index contributed by atoms with van der Waals surface area (Å²) in [6.45, 7) is 0. The molecule has 0 fully saturated rings. The van der Waals surface area contributed by atoms with E-state index in [2.05, 4.69) is 25.7 Å². The summed E-state index contributed by atoms with van der Waals surface area (Å²) in [6, 6.07) is 13.3. The largest absolute Gasteiger partial charge is 0.497 e. The molecule has 8 nitrogen and oxygen atoms in total. The minimum Gasteiger partial charge on any atom is -0.497 e. The van der Waals surface area contributed by atoms with E-state index in [0.29, 0.717) is 23.0 Å². The zero-order valence-corrected chi connectivity index (χ0v) is 14.2. The molecule has 0 unspecified atom stereocenters. The second-order valence-corrected chi connectivity index (χ2v) is 5.45. The van der Waals surface area contributed by atoms with Crippen molar-refractivity contribution in [1.29, 1.82) is 0 Å². The molecule has 0 saturated heterocycles. The highest BCUT2D eigenvalue weighted by molar-refractivity contribution is 5.86. The quantitative estimate of drug-likeness (QED) is 0.441. The van der Waals surface area contributed by atoms with Crippen LogP contribution in [0.3, 0.4) is 0 Å². The van der Waals surface area contributed by atoms with Crippen LogP contribution in [0, 0.1) is 0 Å². The lowest BCUT2D eigenvalue weighted by atomic mass is 10.2. The first kappa shape index (κ1) is 15.8. The Morgan fingerprint density at radius 2 is 2.00 bits per heavy atom. The summed E-state index contributed by atoms with van der Waals surface area (Å²) in [7, 11) is 3.21. The van der Waals surface area contributed by atoms with Crippen LogP contribution in [0.1, 0.15) is 5.56 Å². The molecule has 0 spiro atoms. The van der Waals surface area contributed by atoms with Crippen LogP contribution in [0.5, 0.6) is 11.5 Å². The third kappa shape index (κ3) is 2.77. The summed E-state index contributed by atoms with van der Waals surface area (Å²) < 4.78 is 12.4. The van der Waals surface area contributed by atoms with Gasteiger partial charge in [-0.1, -0.05) is 12.1 Å². The van der Waals surface area contributed by atoms with Crippen LogP contribution >= 0.6 is 0 Å². The molecule has 0 atom stereocenters. The van der Waals surface area contributed by atoms with Crippen molar-refractivity contribution in [3.05, 3.63) is 54.4 Å². The van der Waals surface area contributed by atoms with Crippen LogP contribution in [0.2, 0.25) is 0 Å². The fraction of sp³-hybridized carbons (Fsp3) is 0.111. The summed E-state index contributed by atoms with van der Waals surface area (Å²) in [5.41, 5.74) is 6.10. The van der Waals surface area contributed by atoms with Crippen molar-refractivity contribution in [1.82, 2.24) is 19.6 Å². The number of nitrogens with one attached hydrogen (secondary N) is 1. The number of benzene rings is 2. The Balaban J connectivity index is 1.67. The Morgan fingerprint density at radius 1 is 1.12 bits per heavy atom. The van der Waals surface area contributed by atoms with Crippen molar-refractivity contribution in [2.24, 2.45) is 5.10 Å². The molecule has 26 heavy (non-hydrogen) atoms. The van der Waals surface area contributed by atoms with Crippen molar-refractivity contribution >= 4 is 28.7 Å². The van der Waals surface area contributed by atoms with Crippen molar-refractivity contribution in [2.75, 3.05) is 19.6 Å². The maximum atomic E-state index is 5.36. The maximum absolute atomic E-state index is 5.36. The van der Waals surface area contributed by atoms with Crippen LogP contribution in [0.15, 0.2) is 53.9 Å². The number of ether oxygens (including phenoxy) is 2. The molecular formula is C18H16N6O2.